The van der Waals surface area contributed by atoms with E-state index in [-0.39, 0.29) is 43.8 Å². The van der Waals surface area contributed by atoms with Crippen molar-refractivity contribution in [2.75, 3.05) is 0 Å². The van der Waals surface area contributed by atoms with Crippen LogP contribution in [0.2, 0.25) is 13.1 Å². The van der Waals surface area contributed by atoms with E-state index in [0.29, 0.717) is 22.6 Å². The predicted molar refractivity (Wildman–Crippen MR) is 216 cm³/mol. The van der Waals surface area contributed by atoms with Gasteiger partial charge in [0, 0.05) is 33.1 Å². The molecule has 0 saturated heterocycles. The molecule has 0 radical (unpaired) electrons. The Hall–Kier alpha value is -4.31. The molecule has 0 spiro atoms. The van der Waals surface area contributed by atoms with Crippen molar-refractivity contribution in [2.24, 2.45) is 0 Å². The van der Waals surface area contributed by atoms with Crippen LogP contribution in [0.5, 0.6) is 11.5 Å². The van der Waals surface area contributed by atoms with E-state index >= 15 is 0 Å². The quantitative estimate of drug-likeness (QED) is 0.170. The summed E-state index contributed by atoms with van der Waals surface area (Å²) in [5, 5.41) is 0.759. The third-order valence-corrected chi connectivity index (χ3v) is 17.9. The molecule has 0 N–H and O–H groups in total. The maximum Gasteiger partial charge on any atom is 0.138 e. The first-order valence-electron chi connectivity index (χ1n) is 21.6. The molecule has 0 bridgehead atoms. The van der Waals surface area contributed by atoms with Gasteiger partial charge in [0.15, 0.2) is 0 Å². The Morgan fingerprint density at radius 1 is 0.580 bits per heavy atom. The summed E-state index contributed by atoms with van der Waals surface area (Å²) < 4.78 is 86.0. The number of hydrogen-bond donors (Lipinski definition) is 0. The Morgan fingerprint density at radius 2 is 1.20 bits per heavy atom. The molecule has 0 atom stereocenters. The van der Waals surface area contributed by atoms with Gasteiger partial charge in [-0.1, -0.05) is 156 Å². The molecule has 2 aliphatic heterocycles. The SMILES string of the molecule is [2H]C([2H])([2H])c1cc(-c2cccc3c2Sc2ccccc2C3(C)C)ccc1-c1cc(C([2H])([2H])[2H])c(-c2cccc3c2Oc2ccccc2[Si](C)(C)C3(C)C)cc1C([2H])([2H])[2H]. The standard InChI is InChI=1S/C47H46OSSi/c1-29-26-32(34-16-14-20-40-45(34)49-42-22-12-10-18-38(42)46(40,4)5)24-25-33(29)36-27-31(3)37(28-30(36)2)35-17-15-19-39-44(35)48-41-21-11-13-23-43(41)50(8,9)47(39,6)7/h10-28H,1-9H3/i1D3,2D3,3D3. The Kier molecular flexibility index (Phi) is 5.57. The van der Waals surface area contributed by atoms with E-state index in [1.165, 1.54) is 17.7 Å². The summed E-state index contributed by atoms with van der Waals surface area (Å²) in [6.07, 6.45) is 0. The average molecular weight is 696 g/mol. The molecule has 250 valence electrons. The van der Waals surface area contributed by atoms with E-state index < -0.39 is 28.6 Å². The van der Waals surface area contributed by atoms with Gasteiger partial charge in [-0.2, -0.15) is 0 Å². The molecular formula is C47H46OSSi. The predicted octanol–water partition coefficient (Wildman–Crippen LogP) is 12.9. The third-order valence-electron chi connectivity index (χ3n) is 11.6. The molecule has 3 heteroatoms. The summed E-state index contributed by atoms with van der Waals surface area (Å²) in [7, 11) is -2.27. The van der Waals surface area contributed by atoms with Gasteiger partial charge >= 0.3 is 0 Å². The molecule has 0 amide bonds. The molecule has 1 nitrogen and oxygen atoms in total. The second-order valence-electron chi connectivity index (χ2n) is 15.1. The molecule has 2 heterocycles. The summed E-state index contributed by atoms with van der Waals surface area (Å²) in [6.45, 7) is 5.22. The van der Waals surface area contributed by atoms with Crippen LogP contribution < -0.4 is 9.92 Å². The van der Waals surface area contributed by atoms with Crippen LogP contribution in [-0.4, -0.2) is 8.07 Å². The zero-order valence-corrected chi connectivity index (χ0v) is 31.1. The number of aryl methyl sites for hydroxylation is 3. The van der Waals surface area contributed by atoms with Gasteiger partial charge in [-0.3, -0.25) is 0 Å². The number of fused-ring (bicyclic) bond motifs is 4. The molecular weight excluding hydrogens is 641 g/mol. The molecule has 2 aliphatic rings. The Bertz CT molecular complexity index is 2670. The lowest BCUT2D eigenvalue weighted by molar-refractivity contribution is 0.479. The van der Waals surface area contributed by atoms with Crippen LogP contribution in [0.1, 0.15) is 73.4 Å². The second-order valence-corrected chi connectivity index (χ2v) is 21.2. The lowest BCUT2D eigenvalue weighted by atomic mass is 9.77. The van der Waals surface area contributed by atoms with Crippen molar-refractivity contribution < 1.29 is 17.1 Å². The second kappa shape index (κ2) is 11.6. The zero-order valence-electron chi connectivity index (χ0n) is 38.3. The summed E-state index contributed by atoms with van der Waals surface area (Å²) in [5.41, 5.74) is 5.02. The van der Waals surface area contributed by atoms with Gasteiger partial charge in [0.1, 0.15) is 11.5 Å². The highest BCUT2D eigenvalue weighted by molar-refractivity contribution is 7.99. The van der Waals surface area contributed by atoms with Crippen LogP contribution in [-0.2, 0) is 10.5 Å². The fourth-order valence-electron chi connectivity index (χ4n) is 7.89. The van der Waals surface area contributed by atoms with Crippen molar-refractivity contribution in [1.29, 1.82) is 0 Å². The van der Waals surface area contributed by atoms with Crippen molar-refractivity contribution in [1.82, 2.24) is 0 Å². The highest BCUT2D eigenvalue weighted by Gasteiger charge is 2.47. The van der Waals surface area contributed by atoms with Gasteiger partial charge in [-0.15, -0.1) is 0 Å². The van der Waals surface area contributed by atoms with Crippen molar-refractivity contribution in [3.63, 3.8) is 0 Å². The van der Waals surface area contributed by atoms with Gasteiger partial charge in [0.2, 0.25) is 0 Å². The first-order valence-corrected chi connectivity index (χ1v) is 20.9. The van der Waals surface area contributed by atoms with Crippen molar-refractivity contribution in [3.8, 4) is 44.9 Å². The van der Waals surface area contributed by atoms with Crippen molar-refractivity contribution >= 4 is 25.0 Å². The maximum absolute atomic E-state index is 8.83. The van der Waals surface area contributed by atoms with Crippen LogP contribution in [0.15, 0.2) is 125 Å². The van der Waals surface area contributed by atoms with Crippen LogP contribution in [0.25, 0.3) is 33.4 Å². The minimum atomic E-state index is -2.75. The van der Waals surface area contributed by atoms with Crippen LogP contribution >= 0.6 is 11.8 Å². The summed E-state index contributed by atoms with van der Waals surface area (Å²) in [5.74, 6) is 1.18. The van der Waals surface area contributed by atoms with Crippen molar-refractivity contribution in [2.45, 2.75) is 81.6 Å². The first-order chi connectivity index (χ1) is 27.4. The molecule has 6 aromatic rings. The molecule has 0 aliphatic carbocycles. The monoisotopic (exact) mass is 695 g/mol. The highest BCUT2D eigenvalue weighted by Crippen LogP contribution is 2.53. The zero-order chi connectivity index (χ0) is 42.7. The number of rotatable bonds is 3. The molecule has 0 saturated carbocycles. The van der Waals surface area contributed by atoms with Crippen LogP contribution in [0.4, 0.5) is 0 Å². The minimum absolute atomic E-state index is 0.0410. The number of hydrogen-bond acceptors (Lipinski definition) is 2. The average Bonchev–Trinajstić information content (AvgIpc) is 3.22. The third kappa shape index (κ3) is 4.88. The van der Waals surface area contributed by atoms with E-state index in [2.05, 4.69) is 65.1 Å². The number of para-hydroxylation sites is 2. The summed E-state index contributed by atoms with van der Waals surface area (Å²) >= 11 is 1.65. The van der Waals surface area contributed by atoms with E-state index in [0.717, 1.165) is 31.7 Å². The van der Waals surface area contributed by atoms with Gasteiger partial charge in [0.25, 0.3) is 0 Å². The molecule has 0 unspecified atom stereocenters. The topological polar surface area (TPSA) is 9.23 Å². The number of ether oxygens (including phenoxy) is 1. The molecule has 8 rings (SSSR count). The van der Waals surface area contributed by atoms with Gasteiger partial charge < -0.3 is 4.74 Å². The molecule has 6 aromatic carbocycles. The normalized spacial score (nSPS) is 19.7. The fraction of sp³-hybridized carbons (Fsp3) is 0.234. The van der Waals surface area contributed by atoms with Gasteiger partial charge in [-0.05, 0) is 104 Å². The van der Waals surface area contributed by atoms with E-state index in [1.54, 1.807) is 30.0 Å². The minimum Gasteiger partial charge on any atom is -0.457 e. The summed E-state index contributed by atoms with van der Waals surface area (Å²) in [6, 6.07) is 35.9. The fourth-order valence-corrected chi connectivity index (χ4v) is 12.2. The first kappa shape index (κ1) is 24.0. The molecule has 0 aromatic heterocycles. The van der Waals surface area contributed by atoms with Crippen LogP contribution in [0, 0.1) is 20.6 Å². The summed E-state index contributed by atoms with van der Waals surface area (Å²) in [4.78, 5) is 2.16. The van der Waals surface area contributed by atoms with Gasteiger partial charge in [0.05, 0.1) is 8.07 Å². The Labute approximate surface area is 316 Å². The smallest absolute Gasteiger partial charge is 0.138 e. The lowest BCUT2D eigenvalue weighted by Gasteiger charge is -2.39. The van der Waals surface area contributed by atoms with Gasteiger partial charge in [-0.25, -0.2) is 0 Å². The highest BCUT2D eigenvalue weighted by atomic mass is 32.2. The number of benzene rings is 6. The Morgan fingerprint density at radius 3 is 1.96 bits per heavy atom. The van der Waals surface area contributed by atoms with E-state index in [4.69, 9.17) is 17.1 Å². The molecule has 50 heavy (non-hydrogen) atoms. The Balaban J connectivity index is 1.36. The van der Waals surface area contributed by atoms with E-state index in [9.17, 15) is 0 Å². The molecule has 0 fully saturated rings. The van der Waals surface area contributed by atoms with Crippen LogP contribution in [0.3, 0.4) is 0 Å². The lowest BCUT2D eigenvalue weighted by Crippen LogP contribution is -2.56. The largest absolute Gasteiger partial charge is 0.457 e. The van der Waals surface area contributed by atoms with Crippen molar-refractivity contribution in [3.05, 3.63) is 149 Å². The maximum atomic E-state index is 8.83. The van der Waals surface area contributed by atoms with E-state index in [1.807, 2.05) is 60.7 Å².